The number of likely N-dealkylation sites (tertiary alicyclic amines) is 1. The van der Waals surface area contributed by atoms with Gasteiger partial charge in [0, 0.05) is 42.6 Å². The van der Waals surface area contributed by atoms with Gasteiger partial charge < -0.3 is 19.7 Å². The first kappa shape index (κ1) is 20.1. The number of ether oxygens (including phenoxy) is 2. The van der Waals surface area contributed by atoms with Gasteiger partial charge in [0.1, 0.15) is 11.5 Å². The molecule has 0 radical (unpaired) electrons. The van der Waals surface area contributed by atoms with Crippen LogP contribution in [0.5, 0.6) is 11.5 Å². The standard InChI is InChI=1S/C20H30N2O4/c1-20(2,3)19(24)22-10-8-14(9-11-22)18(23)21-13-15-6-7-16(25-4)12-17(15)26-5/h6-7,12,14H,8-11,13H2,1-5H3,(H,21,23). The molecule has 1 N–H and O–H groups in total. The summed E-state index contributed by atoms with van der Waals surface area (Å²) in [5.74, 6) is 1.54. The van der Waals surface area contributed by atoms with E-state index in [-0.39, 0.29) is 23.1 Å². The smallest absolute Gasteiger partial charge is 0.227 e. The Morgan fingerprint density at radius 3 is 2.35 bits per heavy atom. The van der Waals surface area contributed by atoms with Crippen LogP contribution in [0.1, 0.15) is 39.2 Å². The quantitative estimate of drug-likeness (QED) is 0.874. The van der Waals surface area contributed by atoms with Gasteiger partial charge in [0.2, 0.25) is 11.8 Å². The molecule has 26 heavy (non-hydrogen) atoms. The molecule has 1 aromatic rings. The van der Waals surface area contributed by atoms with E-state index < -0.39 is 0 Å². The van der Waals surface area contributed by atoms with E-state index >= 15 is 0 Å². The number of methoxy groups -OCH3 is 2. The van der Waals surface area contributed by atoms with Crippen LogP contribution in [-0.4, -0.2) is 44.0 Å². The molecular weight excluding hydrogens is 332 g/mol. The Hall–Kier alpha value is -2.24. The number of amides is 2. The van der Waals surface area contributed by atoms with Gasteiger partial charge >= 0.3 is 0 Å². The molecule has 1 saturated heterocycles. The second kappa shape index (κ2) is 8.43. The third-order valence-electron chi connectivity index (χ3n) is 4.74. The van der Waals surface area contributed by atoms with Crippen LogP contribution in [-0.2, 0) is 16.1 Å². The van der Waals surface area contributed by atoms with Gasteiger partial charge in [-0.2, -0.15) is 0 Å². The van der Waals surface area contributed by atoms with Gasteiger partial charge in [0.25, 0.3) is 0 Å². The lowest BCUT2D eigenvalue weighted by Crippen LogP contribution is -2.46. The molecule has 0 atom stereocenters. The van der Waals surface area contributed by atoms with Crippen molar-refractivity contribution >= 4 is 11.8 Å². The highest BCUT2D eigenvalue weighted by Gasteiger charge is 2.32. The largest absolute Gasteiger partial charge is 0.497 e. The topological polar surface area (TPSA) is 67.9 Å². The zero-order valence-electron chi connectivity index (χ0n) is 16.4. The monoisotopic (exact) mass is 362 g/mol. The first-order valence-corrected chi connectivity index (χ1v) is 9.04. The molecule has 2 amide bonds. The van der Waals surface area contributed by atoms with Crippen LogP contribution in [0.2, 0.25) is 0 Å². The average molecular weight is 362 g/mol. The van der Waals surface area contributed by atoms with Gasteiger partial charge in [-0.1, -0.05) is 20.8 Å². The van der Waals surface area contributed by atoms with Gasteiger partial charge in [-0.25, -0.2) is 0 Å². The van der Waals surface area contributed by atoms with Crippen LogP contribution in [0.4, 0.5) is 0 Å². The zero-order valence-corrected chi connectivity index (χ0v) is 16.4. The van der Waals surface area contributed by atoms with Gasteiger partial charge in [0.15, 0.2) is 0 Å². The van der Waals surface area contributed by atoms with Crippen molar-refractivity contribution in [3.8, 4) is 11.5 Å². The molecule has 2 rings (SSSR count). The molecule has 0 aromatic heterocycles. The predicted molar refractivity (Wildman–Crippen MR) is 100 cm³/mol. The number of carbonyl (C=O) groups excluding carboxylic acids is 2. The summed E-state index contributed by atoms with van der Waals surface area (Å²) in [5, 5.41) is 2.99. The lowest BCUT2D eigenvalue weighted by molar-refractivity contribution is -0.142. The predicted octanol–water partition coefficient (Wildman–Crippen LogP) is 2.60. The zero-order chi connectivity index (χ0) is 19.3. The molecule has 1 fully saturated rings. The second-order valence-electron chi connectivity index (χ2n) is 7.71. The fourth-order valence-electron chi connectivity index (χ4n) is 3.14. The second-order valence-corrected chi connectivity index (χ2v) is 7.71. The SMILES string of the molecule is COc1ccc(CNC(=O)C2CCN(C(=O)C(C)(C)C)CC2)c(OC)c1. The van der Waals surface area contributed by atoms with Crippen molar-refractivity contribution in [1.29, 1.82) is 0 Å². The Balaban J connectivity index is 1.87. The van der Waals surface area contributed by atoms with Crippen LogP contribution in [0.3, 0.4) is 0 Å². The molecular formula is C20H30N2O4. The van der Waals surface area contributed by atoms with Gasteiger partial charge in [-0.15, -0.1) is 0 Å². The van der Waals surface area contributed by atoms with Crippen LogP contribution < -0.4 is 14.8 Å². The van der Waals surface area contributed by atoms with E-state index in [1.54, 1.807) is 20.3 Å². The molecule has 144 valence electrons. The van der Waals surface area contributed by atoms with Crippen molar-refractivity contribution in [3.63, 3.8) is 0 Å². The summed E-state index contributed by atoms with van der Waals surface area (Å²) in [7, 11) is 3.20. The third kappa shape index (κ3) is 4.90. The van der Waals surface area contributed by atoms with Crippen LogP contribution in [0.15, 0.2) is 18.2 Å². The lowest BCUT2D eigenvalue weighted by Gasteiger charge is -2.35. The molecule has 1 aromatic carbocycles. The van der Waals surface area contributed by atoms with Crippen LogP contribution >= 0.6 is 0 Å². The molecule has 0 aliphatic carbocycles. The fourth-order valence-corrected chi connectivity index (χ4v) is 3.14. The molecule has 1 aliphatic rings. The molecule has 0 bridgehead atoms. The van der Waals surface area contributed by atoms with E-state index in [9.17, 15) is 9.59 Å². The first-order chi connectivity index (χ1) is 12.3. The number of nitrogens with one attached hydrogen (secondary N) is 1. The molecule has 0 saturated carbocycles. The van der Waals surface area contributed by atoms with Crippen molar-refractivity contribution in [2.45, 2.75) is 40.2 Å². The number of hydrogen-bond acceptors (Lipinski definition) is 4. The van der Waals surface area contributed by atoms with Crippen molar-refractivity contribution in [3.05, 3.63) is 23.8 Å². The summed E-state index contributed by atoms with van der Waals surface area (Å²) in [6.07, 6.45) is 1.40. The number of piperidine rings is 1. The summed E-state index contributed by atoms with van der Waals surface area (Å²) in [6, 6.07) is 5.54. The number of rotatable bonds is 5. The van der Waals surface area contributed by atoms with Crippen molar-refractivity contribution < 1.29 is 19.1 Å². The van der Waals surface area contributed by atoms with Crippen molar-refractivity contribution in [2.75, 3.05) is 27.3 Å². The lowest BCUT2D eigenvalue weighted by atomic mass is 9.90. The minimum atomic E-state index is -0.375. The van der Waals surface area contributed by atoms with Crippen molar-refractivity contribution in [1.82, 2.24) is 10.2 Å². The number of carbonyl (C=O) groups is 2. The maximum Gasteiger partial charge on any atom is 0.227 e. The molecule has 6 heteroatoms. The van der Waals surface area contributed by atoms with Crippen molar-refractivity contribution in [2.24, 2.45) is 11.3 Å². The third-order valence-corrected chi connectivity index (χ3v) is 4.74. The van der Waals surface area contributed by atoms with Crippen LogP contribution in [0.25, 0.3) is 0 Å². The first-order valence-electron chi connectivity index (χ1n) is 9.04. The highest BCUT2D eigenvalue weighted by molar-refractivity contribution is 5.82. The number of benzene rings is 1. The Morgan fingerprint density at radius 2 is 1.81 bits per heavy atom. The van der Waals surface area contributed by atoms with E-state index in [2.05, 4.69) is 5.32 Å². The minimum Gasteiger partial charge on any atom is -0.497 e. The van der Waals surface area contributed by atoms with E-state index in [0.717, 1.165) is 5.56 Å². The van der Waals surface area contributed by atoms with E-state index in [4.69, 9.17) is 9.47 Å². The molecule has 1 heterocycles. The van der Waals surface area contributed by atoms with E-state index in [1.165, 1.54) is 0 Å². The number of hydrogen-bond donors (Lipinski definition) is 1. The maximum absolute atomic E-state index is 12.5. The number of nitrogens with zero attached hydrogens (tertiary/aromatic N) is 1. The molecule has 0 unspecified atom stereocenters. The average Bonchev–Trinajstić information content (AvgIpc) is 2.64. The normalized spacial score (nSPS) is 15.5. The van der Waals surface area contributed by atoms with Crippen LogP contribution in [0, 0.1) is 11.3 Å². The Morgan fingerprint density at radius 1 is 1.15 bits per heavy atom. The Bertz CT molecular complexity index is 644. The van der Waals surface area contributed by atoms with Gasteiger partial charge in [-0.05, 0) is 25.0 Å². The minimum absolute atomic E-state index is 0.0331. The molecule has 6 nitrogen and oxygen atoms in total. The van der Waals surface area contributed by atoms with Gasteiger partial charge in [-0.3, -0.25) is 9.59 Å². The Kier molecular flexibility index (Phi) is 6.51. The molecule has 1 aliphatic heterocycles. The van der Waals surface area contributed by atoms with E-state index in [0.29, 0.717) is 44.0 Å². The summed E-state index contributed by atoms with van der Waals surface area (Å²) in [5.41, 5.74) is 0.530. The Labute approximate surface area is 155 Å². The molecule has 0 spiro atoms. The summed E-state index contributed by atoms with van der Waals surface area (Å²) in [4.78, 5) is 26.7. The van der Waals surface area contributed by atoms with Gasteiger partial charge in [0.05, 0.1) is 14.2 Å². The fraction of sp³-hybridized carbons (Fsp3) is 0.600. The summed E-state index contributed by atoms with van der Waals surface area (Å²) < 4.78 is 10.5. The maximum atomic E-state index is 12.5. The highest BCUT2D eigenvalue weighted by atomic mass is 16.5. The summed E-state index contributed by atoms with van der Waals surface area (Å²) in [6.45, 7) is 7.47. The summed E-state index contributed by atoms with van der Waals surface area (Å²) >= 11 is 0. The van der Waals surface area contributed by atoms with E-state index in [1.807, 2.05) is 37.8 Å². The highest BCUT2D eigenvalue weighted by Crippen LogP contribution is 2.26.